The van der Waals surface area contributed by atoms with Crippen molar-refractivity contribution in [3.63, 3.8) is 0 Å². The van der Waals surface area contributed by atoms with Crippen molar-refractivity contribution >= 4 is 40.3 Å². The molecule has 0 saturated heterocycles. The molecule has 0 atom stereocenters. The van der Waals surface area contributed by atoms with Crippen molar-refractivity contribution < 1.29 is 14.3 Å². The number of thioether (sulfide) groups is 1. The minimum atomic E-state index is -0.0762. The third-order valence-corrected chi connectivity index (χ3v) is 4.64. The summed E-state index contributed by atoms with van der Waals surface area (Å²) in [6, 6.07) is 12.7. The first kappa shape index (κ1) is 18.4. The van der Waals surface area contributed by atoms with Crippen molar-refractivity contribution in [3.8, 4) is 11.5 Å². The first-order valence-corrected chi connectivity index (χ1v) is 9.32. The van der Waals surface area contributed by atoms with Crippen LogP contribution in [0.1, 0.15) is 0 Å². The van der Waals surface area contributed by atoms with Crippen LogP contribution in [0, 0.1) is 0 Å². The maximum atomic E-state index is 11.9. The number of hydrogen-bond acceptors (Lipinski definition) is 5. The molecule has 1 heterocycles. The average Bonchev–Trinajstić information content (AvgIpc) is 3.07. The van der Waals surface area contributed by atoms with Crippen molar-refractivity contribution in [2.75, 3.05) is 26.0 Å². The SMILES string of the molecule is COc1ccc2nc(SCC(=O)NCCOc3ccc(Cl)cc3)[nH]c2c1. The van der Waals surface area contributed by atoms with E-state index in [-0.39, 0.29) is 11.7 Å². The van der Waals surface area contributed by atoms with Crippen LogP contribution in [0.15, 0.2) is 47.6 Å². The van der Waals surface area contributed by atoms with E-state index in [1.807, 2.05) is 18.2 Å². The van der Waals surface area contributed by atoms with Crippen molar-refractivity contribution in [3.05, 3.63) is 47.5 Å². The number of nitrogens with zero attached hydrogens (tertiary/aromatic N) is 1. The third-order valence-electron chi connectivity index (χ3n) is 3.51. The monoisotopic (exact) mass is 391 g/mol. The molecule has 3 rings (SSSR count). The van der Waals surface area contributed by atoms with Gasteiger partial charge >= 0.3 is 0 Å². The van der Waals surface area contributed by atoms with E-state index in [9.17, 15) is 4.79 Å². The Morgan fingerprint density at radius 3 is 2.77 bits per heavy atom. The van der Waals surface area contributed by atoms with Crippen molar-refractivity contribution in [2.45, 2.75) is 5.16 Å². The molecule has 26 heavy (non-hydrogen) atoms. The van der Waals surface area contributed by atoms with Crippen LogP contribution < -0.4 is 14.8 Å². The van der Waals surface area contributed by atoms with E-state index in [0.29, 0.717) is 23.3 Å². The molecular formula is C18H18ClN3O3S. The maximum absolute atomic E-state index is 11.9. The third kappa shape index (κ3) is 5.06. The number of ether oxygens (including phenoxy) is 2. The van der Waals surface area contributed by atoms with Gasteiger partial charge < -0.3 is 19.8 Å². The number of nitrogens with one attached hydrogen (secondary N) is 2. The van der Waals surface area contributed by atoms with Gasteiger partial charge in [-0.05, 0) is 36.4 Å². The molecular weight excluding hydrogens is 374 g/mol. The molecule has 2 N–H and O–H groups in total. The minimum Gasteiger partial charge on any atom is -0.497 e. The summed E-state index contributed by atoms with van der Waals surface area (Å²) >= 11 is 7.16. The van der Waals surface area contributed by atoms with E-state index in [2.05, 4.69) is 15.3 Å². The molecule has 8 heteroatoms. The van der Waals surface area contributed by atoms with E-state index in [1.165, 1.54) is 11.8 Å². The van der Waals surface area contributed by atoms with Gasteiger partial charge in [-0.15, -0.1) is 0 Å². The average molecular weight is 392 g/mol. The quantitative estimate of drug-likeness (QED) is 0.454. The van der Waals surface area contributed by atoms with E-state index < -0.39 is 0 Å². The number of halogens is 1. The second-order valence-electron chi connectivity index (χ2n) is 5.37. The number of rotatable bonds is 8. The number of aromatic amines is 1. The first-order valence-electron chi connectivity index (χ1n) is 7.95. The topological polar surface area (TPSA) is 76.2 Å². The lowest BCUT2D eigenvalue weighted by atomic mass is 10.3. The van der Waals surface area contributed by atoms with Crippen molar-refractivity contribution in [2.24, 2.45) is 0 Å². The smallest absolute Gasteiger partial charge is 0.230 e. The van der Waals surface area contributed by atoms with Crippen LogP contribution in [0.4, 0.5) is 0 Å². The van der Waals surface area contributed by atoms with Gasteiger partial charge in [-0.2, -0.15) is 0 Å². The molecule has 0 saturated carbocycles. The molecule has 3 aromatic rings. The van der Waals surface area contributed by atoms with Crippen molar-refractivity contribution in [1.29, 1.82) is 0 Å². The predicted molar refractivity (Wildman–Crippen MR) is 103 cm³/mol. The van der Waals surface area contributed by atoms with Gasteiger partial charge in [0.05, 0.1) is 30.4 Å². The van der Waals surface area contributed by atoms with Crippen molar-refractivity contribution in [1.82, 2.24) is 15.3 Å². The Morgan fingerprint density at radius 2 is 2.00 bits per heavy atom. The zero-order chi connectivity index (χ0) is 18.4. The summed E-state index contributed by atoms with van der Waals surface area (Å²) in [4.78, 5) is 19.5. The summed E-state index contributed by atoms with van der Waals surface area (Å²) in [7, 11) is 1.62. The standard InChI is InChI=1S/C18H18ClN3O3S/c1-24-14-6-7-15-16(10-14)22-18(21-15)26-11-17(23)20-8-9-25-13-4-2-12(19)3-5-13/h2-7,10H,8-9,11H2,1H3,(H,20,23)(H,21,22). The second kappa shape index (κ2) is 8.82. The van der Waals surface area contributed by atoms with Crippen LogP contribution in [0.25, 0.3) is 11.0 Å². The molecule has 2 aromatic carbocycles. The Balaban J connectivity index is 1.40. The lowest BCUT2D eigenvalue weighted by Crippen LogP contribution is -2.29. The molecule has 0 bridgehead atoms. The summed E-state index contributed by atoms with van der Waals surface area (Å²) < 4.78 is 10.7. The van der Waals surface area contributed by atoms with Crippen LogP contribution >= 0.6 is 23.4 Å². The van der Waals surface area contributed by atoms with Crippen LogP contribution in [0.5, 0.6) is 11.5 Å². The number of amides is 1. The predicted octanol–water partition coefficient (Wildman–Crippen LogP) is 3.51. The Bertz CT molecular complexity index is 883. The zero-order valence-corrected chi connectivity index (χ0v) is 15.7. The summed E-state index contributed by atoms with van der Waals surface area (Å²) in [5.74, 6) is 1.68. The number of imidazole rings is 1. The Labute approximate surface area is 160 Å². The summed E-state index contributed by atoms with van der Waals surface area (Å²) in [5, 5.41) is 4.17. The fraction of sp³-hybridized carbons (Fsp3) is 0.222. The van der Waals surface area contributed by atoms with E-state index in [0.717, 1.165) is 22.5 Å². The van der Waals surface area contributed by atoms with Crippen LogP contribution in [0.3, 0.4) is 0 Å². The number of carbonyl (C=O) groups excluding carboxylic acids is 1. The van der Waals surface area contributed by atoms with Gasteiger partial charge in [-0.3, -0.25) is 4.79 Å². The molecule has 0 unspecified atom stereocenters. The minimum absolute atomic E-state index is 0.0762. The van der Waals surface area contributed by atoms with Gasteiger partial charge in [-0.1, -0.05) is 23.4 Å². The number of methoxy groups -OCH3 is 1. The highest BCUT2D eigenvalue weighted by atomic mass is 35.5. The fourth-order valence-corrected chi connectivity index (χ4v) is 3.08. The largest absolute Gasteiger partial charge is 0.497 e. The summed E-state index contributed by atoms with van der Waals surface area (Å²) in [6.45, 7) is 0.821. The van der Waals surface area contributed by atoms with E-state index in [1.54, 1.807) is 31.4 Å². The number of fused-ring (bicyclic) bond motifs is 1. The molecule has 136 valence electrons. The number of aromatic nitrogens is 2. The van der Waals surface area contributed by atoms with Crippen LogP contribution in [-0.4, -0.2) is 41.9 Å². The molecule has 0 radical (unpaired) electrons. The number of hydrogen-bond donors (Lipinski definition) is 2. The van der Waals surface area contributed by atoms with E-state index >= 15 is 0 Å². The normalized spacial score (nSPS) is 10.7. The van der Waals surface area contributed by atoms with Crippen LogP contribution in [-0.2, 0) is 4.79 Å². The molecule has 0 fully saturated rings. The Kier molecular flexibility index (Phi) is 6.25. The van der Waals surface area contributed by atoms with E-state index in [4.69, 9.17) is 21.1 Å². The second-order valence-corrected chi connectivity index (χ2v) is 6.77. The van der Waals surface area contributed by atoms with Gasteiger partial charge in [0, 0.05) is 11.1 Å². The Morgan fingerprint density at radius 1 is 1.23 bits per heavy atom. The first-order chi connectivity index (χ1) is 12.6. The van der Waals surface area contributed by atoms with Gasteiger partial charge in [0.1, 0.15) is 18.1 Å². The molecule has 0 aliphatic heterocycles. The lowest BCUT2D eigenvalue weighted by Gasteiger charge is -2.07. The molecule has 6 nitrogen and oxygen atoms in total. The summed E-state index contributed by atoms with van der Waals surface area (Å²) in [5.41, 5.74) is 1.72. The highest BCUT2D eigenvalue weighted by Crippen LogP contribution is 2.23. The van der Waals surface area contributed by atoms with Gasteiger partial charge in [-0.25, -0.2) is 4.98 Å². The number of benzene rings is 2. The lowest BCUT2D eigenvalue weighted by molar-refractivity contribution is -0.118. The zero-order valence-electron chi connectivity index (χ0n) is 14.1. The molecule has 1 amide bonds. The van der Waals surface area contributed by atoms with Gasteiger partial charge in [0.2, 0.25) is 5.91 Å². The molecule has 0 aliphatic carbocycles. The summed E-state index contributed by atoms with van der Waals surface area (Å²) in [6.07, 6.45) is 0. The van der Waals surface area contributed by atoms with Crippen LogP contribution in [0.2, 0.25) is 5.02 Å². The molecule has 0 spiro atoms. The highest BCUT2D eigenvalue weighted by Gasteiger charge is 2.08. The maximum Gasteiger partial charge on any atom is 0.230 e. The molecule has 1 aromatic heterocycles. The Hall–Kier alpha value is -2.38. The number of H-pyrrole nitrogens is 1. The number of carbonyl (C=O) groups is 1. The molecule has 0 aliphatic rings. The van der Waals surface area contributed by atoms with Gasteiger partial charge in [0.25, 0.3) is 0 Å². The highest BCUT2D eigenvalue weighted by molar-refractivity contribution is 7.99. The fourth-order valence-electron chi connectivity index (χ4n) is 2.24. The van der Waals surface area contributed by atoms with Gasteiger partial charge in [0.15, 0.2) is 5.16 Å².